The summed E-state index contributed by atoms with van der Waals surface area (Å²) in [5.74, 6) is -0.334. The molecule has 4 aliphatic rings. The van der Waals surface area contributed by atoms with Crippen LogP contribution < -0.4 is 27.1 Å². The molecule has 6 N–H and O–H groups in total. The van der Waals surface area contributed by atoms with Crippen molar-refractivity contribution < 1.29 is 9.53 Å². The van der Waals surface area contributed by atoms with Crippen LogP contribution in [-0.2, 0) is 9.53 Å². The summed E-state index contributed by atoms with van der Waals surface area (Å²) < 4.78 is 6.53. The van der Waals surface area contributed by atoms with Crippen LogP contribution >= 0.6 is 11.6 Å². The number of carbonyl (C=O) groups excluding carboxylic acids is 1. The SMILES string of the molecule is CCCCCCCC(CCCC)N1CC(Cl)CN2NC(N)C(C(=O)NC3CNCCC3OC3CCCNC3)C21. The molecule has 0 aromatic heterocycles. The van der Waals surface area contributed by atoms with Crippen LogP contribution in [0.15, 0.2) is 0 Å². The molecule has 9 nitrogen and oxygen atoms in total. The normalized spacial score (nSPS) is 35.0. The number of hydrazine groups is 1. The van der Waals surface area contributed by atoms with Gasteiger partial charge in [-0.05, 0) is 45.2 Å². The molecule has 4 fully saturated rings. The Kier molecular flexibility index (Phi) is 13.1. The smallest absolute Gasteiger partial charge is 0.229 e. The van der Waals surface area contributed by atoms with Gasteiger partial charge in [0.15, 0.2) is 0 Å². The second kappa shape index (κ2) is 16.2. The lowest BCUT2D eigenvalue weighted by Gasteiger charge is -2.47. The van der Waals surface area contributed by atoms with Crippen molar-refractivity contribution >= 4 is 17.5 Å². The maximum Gasteiger partial charge on any atom is 0.229 e. The Morgan fingerprint density at radius 2 is 1.79 bits per heavy atom. The number of ether oxygens (including phenoxy) is 1. The number of fused-ring (bicyclic) bond motifs is 1. The quantitative estimate of drug-likeness (QED) is 0.160. The Labute approximate surface area is 242 Å². The van der Waals surface area contributed by atoms with Gasteiger partial charge in [-0.3, -0.25) is 9.69 Å². The first kappa shape index (κ1) is 31.4. The standard InChI is InChI=1S/C29H56ClN7O2/c1-3-5-7-8-9-12-22(11-6-4-2)36-19-21(30)20-37-29(36)26(27(31)35-37)28(38)34-24-18-33-16-14-25(24)39-23-13-10-15-32-17-23/h21-27,29,32-33,35H,3-20,31H2,1-2H3,(H,34,38). The highest BCUT2D eigenvalue weighted by Crippen LogP contribution is 2.33. The van der Waals surface area contributed by atoms with E-state index in [-0.39, 0.29) is 41.6 Å². The molecule has 0 radical (unpaired) electrons. The summed E-state index contributed by atoms with van der Waals surface area (Å²) >= 11 is 6.81. The number of hydrogen-bond acceptors (Lipinski definition) is 8. The van der Waals surface area contributed by atoms with Gasteiger partial charge in [0.25, 0.3) is 0 Å². The van der Waals surface area contributed by atoms with E-state index < -0.39 is 6.17 Å². The summed E-state index contributed by atoms with van der Waals surface area (Å²) in [6.07, 6.45) is 13.9. The van der Waals surface area contributed by atoms with Gasteiger partial charge in [-0.2, -0.15) is 0 Å². The number of alkyl halides is 1. The summed E-state index contributed by atoms with van der Waals surface area (Å²) in [5.41, 5.74) is 10.1. The first-order valence-corrected chi connectivity index (χ1v) is 16.5. The Morgan fingerprint density at radius 3 is 2.56 bits per heavy atom. The van der Waals surface area contributed by atoms with Crippen LogP contribution in [0.1, 0.15) is 90.9 Å². The van der Waals surface area contributed by atoms with Gasteiger partial charge in [0.05, 0.1) is 41.9 Å². The van der Waals surface area contributed by atoms with Crippen molar-refractivity contribution in [1.82, 2.24) is 31.3 Å². The molecule has 4 saturated heterocycles. The Hall–Kier alpha value is -0.520. The van der Waals surface area contributed by atoms with Gasteiger partial charge in [-0.25, -0.2) is 10.4 Å². The average molecular weight is 570 g/mol. The first-order valence-electron chi connectivity index (χ1n) is 16.1. The van der Waals surface area contributed by atoms with Crippen molar-refractivity contribution in [3.8, 4) is 0 Å². The minimum absolute atomic E-state index is 0.0106. The Morgan fingerprint density at radius 1 is 1.03 bits per heavy atom. The molecule has 1 amide bonds. The molecular formula is C29H56ClN7O2. The maximum absolute atomic E-state index is 14.0. The topological polar surface area (TPSA) is 107 Å². The Bertz CT molecular complexity index is 728. The van der Waals surface area contributed by atoms with Crippen molar-refractivity contribution in [2.75, 3.05) is 39.3 Å². The van der Waals surface area contributed by atoms with Crippen LogP contribution in [0.3, 0.4) is 0 Å². The van der Waals surface area contributed by atoms with Gasteiger partial charge in [0, 0.05) is 32.2 Å². The zero-order valence-corrected chi connectivity index (χ0v) is 25.3. The van der Waals surface area contributed by atoms with Crippen molar-refractivity contribution in [2.24, 2.45) is 11.7 Å². The second-order valence-corrected chi connectivity index (χ2v) is 12.9. The highest BCUT2D eigenvalue weighted by Gasteiger charge is 2.52. The van der Waals surface area contributed by atoms with Crippen LogP contribution in [0.4, 0.5) is 0 Å². The molecule has 4 aliphatic heterocycles. The van der Waals surface area contributed by atoms with Gasteiger partial charge in [0.1, 0.15) is 0 Å². The number of amides is 1. The van der Waals surface area contributed by atoms with E-state index in [0.717, 1.165) is 64.8 Å². The molecule has 10 heteroatoms. The highest BCUT2D eigenvalue weighted by molar-refractivity contribution is 6.21. The lowest BCUT2D eigenvalue weighted by molar-refractivity contribution is -0.133. The van der Waals surface area contributed by atoms with E-state index in [4.69, 9.17) is 22.1 Å². The van der Waals surface area contributed by atoms with Crippen molar-refractivity contribution in [1.29, 1.82) is 0 Å². The lowest BCUT2D eigenvalue weighted by Crippen LogP contribution is -2.64. The van der Waals surface area contributed by atoms with Crippen molar-refractivity contribution in [3.05, 3.63) is 0 Å². The number of nitrogens with zero attached hydrogens (tertiary/aromatic N) is 2. The lowest BCUT2D eigenvalue weighted by atomic mass is 9.93. The minimum atomic E-state index is -0.436. The summed E-state index contributed by atoms with van der Waals surface area (Å²) in [6.45, 7) is 9.62. The summed E-state index contributed by atoms with van der Waals surface area (Å²) in [5, 5.41) is 12.5. The van der Waals surface area contributed by atoms with Gasteiger partial charge in [0.2, 0.25) is 5.91 Å². The molecule has 0 aromatic rings. The molecule has 0 bridgehead atoms. The zero-order valence-electron chi connectivity index (χ0n) is 24.5. The van der Waals surface area contributed by atoms with E-state index in [0.29, 0.717) is 12.6 Å². The summed E-state index contributed by atoms with van der Waals surface area (Å²) in [4.78, 5) is 16.5. The molecule has 39 heavy (non-hydrogen) atoms. The first-order chi connectivity index (χ1) is 19.0. The molecule has 0 saturated carbocycles. The summed E-state index contributed by atoms with van der Waals surface area (Å²) in [7, 11) is 0. The Balaban J connectivity index is 1.44. The van der Waals surface area contributed by atoms with E-state index in [1.807, 2.05) is 0 Å². The third-order valence-electron chi connectivity index (χ3n) is 9.15. The number of nitrogens with one attached hydrogen (secondary N) is 4. The van der Waals surface area contributed by atoms with Crippen LogP contribution in [0, 0.1) is 5.92 Å². The molecule has 8 atom stereocenters. The van der Waals surface area contributed by atoms with Gasteiger partial charge < -0.3 is 26.4 Å². The summed E-state index contributed by atoms with van der Waals surface area (Å²) in [6, 6.07) is 0.357. The fourth-order valence-corrected chi connectivity index (χ4v) is 7.36. The van der Waals surface area contributed by atoms with E-state index >= 15 is 0 Å². The number of unbranched alkanes of at least 4 members (excludes halogenated alkanes) is 5. The van der Waals surface area contributed by atoms with E-state index in [1.54, 1.807) is 0 Å². The molecule has 0 spiro atoms. The highest BCUT2D eigenvalue weighted by atomic mass is 35.5. The number of hydrogen-bond donors (Lipinski definition) is 5. The molecule has 8 unspecified atom stereocenters. The van der Waals surface area contributed by atoms with E-state index in [2.05, 4.69) is 45.1 Å². The molecule has 0 aromatic carbocycles. The van der Waals surface area contributed by atoms with Crippen molar-refractivity contribution in [3.63, 3.8) is 0 Å². The fourth-order valence-electron chi connectivity index (χ4n) is 7.05. The van der Waals surface area contributed by atoms with Crippen LogP contribution in [0.2, 0.25) is 0 Å². The number of halogens is 1. The van der Waals surface area contributed by atoms with E-state index in [1.165, 1.54) is 44.9 Å². The largest absolute Gasteiger partial charge is 0.371 e. The molecule has 0 aliphatic carbocycles. The average Bonchev–Trinajstić information content (AvgIpc) is 3.27. The van der Waals surface area contributed by atoms with Gasteiger partial charge >= 0.3 is 0 Å². The molecule has 4 rings (SSSR count). The molecular weight excluding hydrogens is 514 g/mol. The van der Waals surface area contributed by atoms with Gasteiger partial charge in [-0.1, -0.05) is 58.8 Å². The molecule has 4 heterocycles. The third-order valence-corrected chi connectivity index (χ3v) is 9.43. The van der Waals surface area contributed by atoms with Crippen LogP contribution in [0.25, 0.3) is 0 Å². The number of carbonyl (C=O) groups is 1. The zero-order chi connectivity index (χ0) is 27.6. The predicted molar refractivity (Wildman–Crippen MR) is 158 cm³/mol. The maximum atomic E-state index is 14.0. The van der Waals surface area contributed by atoms with Gasteiger partial charge in [-0.15, -0.1) is 11.6 Å². The fraction of sp³-hybridized carbons (Fsp3) is 0.966. The number of rotatable bonds is 14. The minimum Gasteiger partial charge on any atom is -0.371 e. The monoisotopic (exact) mass is 569 g/mol. The number of piperidine rings is 2. The van der Waals surface area contributed by atoms with Crippen LogP contribution in [-0.4, -0.2) is 97.1 Å². The van der Waals surface area contributed by atoms with E-state index in [9.17, 15) is 4.79 Å². The third kappa shape index (κ3) is 8.74. The van der Waals surface area contributed by atoms with Crippen molar-refractivity contribution in [2.45, 2.75) is 133 Å². The second-order valence-electron chi connectivity index (χ2n) is 12.3. The molecule has 226 valence electrons. The predicted octanol–water partition coefficient (Wildman–Crippen LogP) is 2.49. The van der Waals surface area contributed by atoms with Crippen LogP contribution in [0.5, 0.6) is 0 Å². The number of nitrogens with two attached hydrogens (primary N) is 1.